The van der Waals surface area contributed by atoms with Crippen LogP contribution in [0.2, 0.25) is 0 Å². The number of amides is 1. The van der Waals surface area contributed by atoms with Crippen LogP contribution in [0, 0.1) is 0 Å². The molecule has 2 heterocycles. The van der Waals surface area contributed by atoms with Gasteiger partial charge < -0.3 is 14.8 Å². The quantitative estimate of drug-likeness (QED) is 0.719. The molecule has 0 spiro atoms. The lowest BCUT2D eigenvalue weighted by Gasteiger charge is -2.00. The van der Waals surface area contributed by atoms with Gasteiger partial charge in [0.05, 0.1) is 12.2 Å². The number of nitrogens with one attached hydrogen (secondary N) is 1. The Bertz CT molecular complexity index is 953. The van der Waals surface area contributed by atoms with Crippen molar-refractivity contribution in [1.82, 2.24) is 0 Å². The fourth-order valence-corrected chi connectivity index (χ4v) is 2.83. The molecule has 0 saturated heterocycles. The molecule has 24 heavy (non-hydrogen) atoms. The highest BCUT2D eigenvalue weighted by Crippen LogP contribution is 2.33. The van der Waals surface area contributed by atoms with Gasteiger partial charge >= 0.3 is 0 Å². The molecule has 0 bridgehead atoms. The second-order valence-corrected chi connectivity index (χ2v) is 5.62. The van der Waals surface area contributed by atoms with Crippen LogP contribution in [0.15, 0.2) is 65.1 Å². The van der Waals surface area contributed by atoms with Gasteiger partial charge in [0.2, 0.25) is 0 Å². The largest absolute Gasteiger partial charge is 0.457 e. The van der Waals surface area contributed by atoms with E-state index >= 15 is 0 Å². The number of carbonyl (C=O) groups excluding carboxylic acids is 1. The van der Waals surface area contributed by atoms with Crippen LogP contribution in [-0.2, 0) is 11.4 Å². The Balaban J connectivity index is 1.70. The summed E-state index contributed by atoms with van der Waals surface area (Å²) in [5.41, 5.74) is 4.00. The molecule has 0 unspecified atom stereocenters. The third-order valence-corrected chi connectivity index (χ3v) is 4.02. The summed E-state index contributed by atoms with van der Waals surface area (Å²) in [6.45, 7) is -0.0115. The maximum absolute atomic E-state index is 12.1. The van der Waals surface area contributed by atoms with Crippen LogP contribution in [0.4, 0.5) is 5.69 Å². The summed E-state index contributed by atoms with van der Waals surface area (Å²) in [6, 6.07) is 18.8. The number of aliphatic hydroxyl groups excluding tert-OH is 1. The first-order chi connectivity index (χ1) is 11.7. The molecule has 0 aliphatic carbocycles. The lowest BCUT2D eigenvalue weighted by molar-refractivity contribution is -0.110. The Hall–Kier alpha value is -3.11. The van der Waals surface area contributed by atoms with Crippen LogP contribution < -0.4 is 5.32 Å². The Morgan fingerprint density at radius 1 is 1.04 bits per heavy atom. The van der Waals surface area contributed by atoms with Crippen molar-refractivity contribution in [1.29, 1.82) is 0 Å². The van der Waals surface area contributed by atoms with Crippen LogP contribution in [0.5, 0.6) is 0 Å². The lowest BCUT2D eigenvalue weighted by Crippen LogP contribution is -2.03. The lowest BCUT2D eigenvalue weighted by atomic mass is 10.1. The zero-order valence-electron chi connectivity index (χ0n) is 12.8. The van der Waals surface area contributed by atoms with E-state index in [2.05, 4.69) is 5.32 Å². The van der Waals surface area contributed by atoms with E-state index in [1.807, 2.05) is 60.7 Å². The van der Waals surface area contributed by atoms with Gasteiger partial charge in [-0.05, 0) is 35.9 Å². The van der Waals surface area contributed by atoms with Gasteiger partial charge in [-0.2, -0.15) is 0 Å². The SMILES string of the molecule is O=C1Nc2ccccc2C1=Cc1ccc(-c2cccc(CO)c2)o1. The number of rotatable bonds is 3. The normalized spacial score (nSPS) is 14.7. The molecule has 0 radical (unpaired) electrons. The molecule has 4 heteroatoms. The Morgan fingerprint density at radius 3 is 2.79 bits per heavy atom. The average Bonchev–Trinajstić information content (AvgIpc) is 3.20. The molecule has 2 N–H and O–H groups in total. The van der Waals surface area contributed by atoms with Crippen molar-refractivity contribution in [3.8, 4) is 11.3 Å². The minimum absolute atomic E-state index is 0.0115. The van der Waals surface area contributed by atoms with E-state index in [1.54, 1.807) is 6.08 Å². The fraction of sp³-hybridized carbons (Fsp3) is 0.0500. The summed E-state index contributed by atoms with van der Waals surface area (Å²) >= 11 is 0. The molecule has 0 atom stereocenters. The topological polar surface area (TPSA) is 62.5 Å². The minimum atomic E-state index is -0.128. The van der Waals surface area contributed by atoms with E-state index in [9.17, 15) is 9.90 Å². The van der Waals surface area contributed by atoms with E-state index in [-0.39, 0.29) is 12.5 Å². The molecule has 3 aromatic rings. The average molecular weight is 317 g/mol. The maximum atomic E-state index is 12.1. The number of aliphatic hydroxyl groups is 1. The van der Waals surface area contributed by atoms with Crippen LogP contribution in [-0.4, -0.2) is 11.0 Å². The first-order valence-electron chi connectivity index (χ1n) is 7.67. The van der Waals surface area contributed by atoms with Crippen molar-refractivity contribution in [2.75, 3.05) is 5.32 Å². The van der Waals surface area contributed by atoms with Crippen molar-refractivity contribution >= 4 is 23.2 Å². The van der Waals surface area contributed by atoms with E-state index < -0.39 is 0 Å². The predicted molar refractivity (Wildman–Crippen MR) is 93.0 cm³/mol. The summed E-state index contributed by atoms with van der Waals surface area (Å²) in [7, 11) is 0. The van der Waals surface area contributed by atoms with Crippen molar-refractivity contribution < 1.29 is 14.3 Å². The molecule has 1 amide bonds. The third kappa shape index (κ3) is 2.53. The van der Waals surface area contributed by atoms with Crippen molar-refractivity contribution in [2.45, 2.75) is 6.61 Å². The molecule has 1 aromatic heterocycles. The van der Waals surface area contributed by atoms with Crippen LogP contribution in [0.25, 0.3) is 23.0 Å². The number of anilines is 1. The second-order valence-electron chi connectivity index (χ2n) is 5.62. The molecule has 118 valence electrons. The van der Waals surface area contributed by atoms with Gasteiger partial charge in [-0.3, -0.25) is 4.79 Å². The number of para-hydroxylation sites is 1. The molecule has 1 aliphatic rings. The molecule has 0 saturated carbocycles. The zero-order chi connectivity index (χ0) is 16.5. The summed E-state index contributed by atoms with van der Waals surface area (Å²) < 4.78 is 5.86. The highest BCUT2D eigenvalue weighted by atomic mass is 16.3. The summed E-state index contributed by atoms with van der Waals surface area (Å²) in [4.78, 5) is 12.1. The van der Waals surface area contributed by atoms with E-state index in [4.69, 9.17) is 4.42 Å². The second kappa shape index (κ2) is 5.83. The summed E-state index contributed by atoms with van der Waals surface area (Å²) in [6.07, 6.45) is 1.75. The first-order valence-corrected chi connectivity index (χ1v) is 7.67. The molecule has 0 fully saturated rings. The Labute approximate surface area is 139 Å². The van der Waals surface area contributed by atoms with E-state index in [0.717, 1.165) is 22.4 Å². The molecule has 4 nitrogen and oxygen atoms in total. The summed E-state index contributed by atoms with van der Waals surface area (Å²) in [5, 5.41) is 12.1. The van der Waals surface area contributed by atoms with Gasteiger partial charge in [0.1, 0.15) is 11.5 Å². The predicted octanol–water partition coefficient (Wildman–Crippen LogP) is 3.93. The van der Waals surface area contributed by atoms with E-state index in [1.165, 1.54) is 0 Å². The number of carbonyl (C=O) groups is 1. The monoisotopic (exact) mass is 317 g/mol. The molecule has 1 aliphatic heterocycles. The Kier molecular flexibility index (Phi) is 3.52. The van der Waals surface area contributed by atoms with Gasteiger partial charge in [0.15, 0.2) is 0 Å². The number of fused-ring (bicyclic) bond motifs is 1. The van der Waals surface area contributed by atoms with Gasteiger partial charge in [-0.25, -0.2) is 0 Å². The minimum Gasteiger partial charge on any atom is -0.457 e. The highest BCUT2D eigenvalue weighted by Gasteiger charge is 2.23. The van der Waals surface area contributed by atoms with Gasteiger partial charge in [-0.1, -0.05) is 36.4 Å². The smallest absolute Gasteiger partial charge is 0.256 e. The number of hydrogen-bond acceptors (Lipinski definition) is 3. The number of benzene rings is 2. The number of hydrogen-bond donors (Lipinski definition) is 2. The van der Waals surface area contributed by atoms with Crippen LogP contribution in [0.3, 0.4) is 0 Å². The molecule has 4 rings (SSSR count). The number of furan rings is 1. The molecular formula is C20H15NO3. The van der Waals surface area contributed by atoms with Crippen LogP contribution in [0.1, 0.15) is 16.9 Å². The zero-order valence-corrected chi connectivity index (χ0v) is 12.8. The van der Waals surface area contributed by atoms with Gasteiger partial charge in [-0.15, -0.1) is 0 Å². The first kappa shape index (κ1) is 14.5. The standard InChI is InChI=1S/C20H15NO3/c22-12-13-4-3-5-14(10-13)19-9-8-15(24-19)11-17-16-6-1-2-7-18(16)21-20(17)23/h1-11,22H,12H2,(H,21,23). The molecule has 2 aromatic carbocycles. The fourth-order valence-electron chi connectivity index (χ4n) is 2.83. The maximum Gasteiger partial charge on any atom is 0.256 e. The third-order valence-electron chi connectivity index (χ3n) is 4.02. The Morgan fingerprint density at radius 2 is 1.92 bits per heavy atom. The van der Waals surface area contributed by atoms with Crippen LogP contribution >= 0.6 is 0 Å². The van der Waals surface area contributed by atoms with Crippen molar-refractivity contribution in [3.05, 3.63) is 77.6 Å². The molecular weight excluding hydrogens is 302 g/mol. The summed E-state index contributed by atoms with van der Waals surface area (Å²) in [5.74, 6) is 1.18. The highest BCUT2D eigenvalue weighted by molar-refractivity contribution is 6.34. The van der Waals surface area contributed by atoms with Crippen molar-refractivity contribution in [3.63, 3.8) is 0 Å². The van der Waals surface area contributed by atoms with Gasteiger partial charge in [0, 0.05) is 16.8 Å². The van der Waals surface area contributed by atoms with Crippen molar-refractivity contribution in [2.24, 2.45) is 0 Å². The van der Waals surface area contributed by atoms with E-state index in [0.29, 0.717) is 17.1 Å². The van der Waals surface area contributed by atoms with Gasteiger partial charge in [0.25, 0.3) is 5.91 Å².